The minimum atomic E-state index is -0.506. The van der Waals surface area contributed by atoms with Crippen molar-refractivity contribution in [1.29, 1.82) is 0 Å². The van der Waals surface area contributed by atoms with Gasteiger partial charge in [-0.05, 0) is 52.0 Å². The summed E-state index contributed by atoms with van der Waals surface area (Å²) in [7, 11) is 0. The first kappa shape index (κ1) is 20.4. The van der Waals surface area contributed by atoms with Crippen LogP contribution >= 0.6 is 0 Å². The van der Waals surface area contributed by atoms with Crippen molar-refractivity contribution >= 4 is 23.6 Å². The number of ether oxygens (including phenoxy) is 2. The van der Waals surface area contributed by atoms with Crippen molar-refractivity contribution in [2.45, 2.75) is 27.7 Å². The van der Waals surface area contributed by atoms with Gasteiger partial charge in [0.1, 0.15) is 5.75 Å². The summed E-state index contributed by atoms with van der Waals surface area (Å²) in [5.41, 5.74) is 3.67. The summed E-state index contributed by atoms with van der Waals surface area (Å²) in [6.07, 6.45) is 1.71. The van der Waals surface area contributed by atoms with E-state index in [0.717, 1.165) is 11.1 Å². The molecule has 1 heterocycles. The van der Waals surface area contributed by atoms with E-state index in [1.54, 1.807) is 24.8 Å². The third-order valence-corrected chi connectivity index (χ3v) is 4.69. The van der Waals surface area contributed by atoms with E-state index in [1.807, 2.05) is 62.4 Å². The van der Waals surface area contributed by atoms with Crippen LogP contribution in [0.15, 0.2) is 65.4 Å². The summed E-state index contributed by atoms with van der Waals surface area (Å²) in [5.74, 6) is -0.112. The SMILES string of the molecule is CCOC(=O)C1=C(C)N(c2ccc(C)cc2)C(=O)/C1=C\c1ccccc1OCC. The minimum Gasteiger partial charge on any atom is -0.493 e. The molecule has 0 fully saturated rings. The maximum atomic E-state index is 13.4. The van der Waals surface area contributed by atoms with Gasteiger partial charge >= 0.3 is 5.97 Å². The number of esters is 1. The Hall–Kier alpha value is -3.34. The molecule has 0 aliphatic carbocycles. The van der Waals surface area contributed by atoms with Gasteiger partial charge in [-0.2, -0.15) is 0 Å². The van der Waals surface area contributed by atoms with Crippen molar-refractivity contribution in [1.82, 2.24) is 0 Å². The zero-order valence-electron chi connectivity index (χ0n) is 17.2. The first-order valence-electron chi connectivity index (χ1n) is 9.70. The fraction of sp³-hybridized carbons (Fsp3) is 0.250. The van der Waals surface area contributed by atoms with Gasteiger partial charge in [-0.1, -0.05) is 35.9 Å². The molecule has 0 atom stereocenters. The Kier molecular flexibility index (Phi) is 6.17. The molecule has 0 saturated carbocycles. The number of anilines is 1. The van der Waals surface area contributed by atoms with E-state index < -0.39 is 5.97 Å². The lowest BCUT2D eigenvalue weighted by Crippen LogP contribution is -2.24. The summed E-state index contributed by atoms with van der Waals surface area (Å²) in [4.78, 5) is 27.6. The Balaban J connectivity index is 2.13. The molecule has 1 amide bonds. The van der Waals surface area contributed by atoms with Gasteiger partial charge in [0.05, 0.1) is 24.4 Å². The molecule has 0 radical (unpaired) electrons. The summed E-state index contributed by atoms with van der Waals surface area (Å²) >= 11 is 0. The van der Waals surface area contributed by atoms with Crippen LogP contribution in [-0.2, 0) is 14.3 Å². The van der Waals surface area contributed by atoms with Gasteiger partial charge in [0, 0.05) is 16.9 Å². The van der Waals surface area contributed by atoms with Gasteiger partial charge < -0.3 is 9.47 Å². The fourth-order valence-corrected chi connectivity index (χ4v) is 3.33. The highest BCUT2D eigenvalue weighted by atomic mass is 16.5. The van der Waals surface area contributed by atoms with E-state index in [4.69, 9.17) is 9.47 Å². The van der Waals surface area contributed by atoms with Crippen LogP contribution in [-0.4, -0.2) is 25.1 Å². The number of aryl methyl sites for hydroxylation is 1. The summed E-state index contributed by atoms with van der Waals surface area (Å²) in [5, 5.41) is 0. The second-order valence-electron chi connectivity index (χ2n) is 6.69. The molecule has 0 N–H and O–H groups in total. The number of nitrogens with zero attached hydrogens (tertiary/aromatic N) is 1. The van der Waals surface area contributed by atoms with Crippen LogP contribution in [0.5, 0.6) is 5.75 Å². The summed E-state index contributed by atoms with van der Waals surface area (Å²) < 4.78 is 10.9. The molecule has 5 heteroatoms. The highest BCUT2D eigenvalue weighted by Gasteiger charge is 2.38. The smallest absolute Gasteiger partial charge is 0.340 e. The molecule has 1 aliphatic rings. The van der Waals surface area contributed by atoms with Gasteiger partial charge in [0.15, 0.2) is 0 Å². The molecule has 0 unspecified atom stereocenters. The largest absolute Gasteiger partial charge is 0.493 e. The summed E-state index contributed by atoms with van der Waals surface area (Å²) in [6.45, 7) is 8.13. The highest BCUT2D eigenvalue weighted by molar-refractivity contribution is 6.23. The highest BCUT2D eigenvalue weighted by Crippen LogP contribution is 2.36. The van der Waals surface area contributed by atoms with Crippen LogP contribution in [0.3, 0.4) is 0 Å². The van der Waals surface area contributed by atoms with Crippen LogP contribution in [0.2, 0.25) is 0 Å². The van der Waals surface area contributed by atoms with Crippen LogP contribution in [0.25, 0.3) is 6.08 Å². The molecular formula is C24H25NO4. The molecule has 0 bridgehead atoms. The lowest BCUT2D eigenvalue weighted by Gasteiger charge is -2.18. The number of carbonyl (C=O) groups excluding carboxylic acids is 2. The summed E-state index contributed by atoms with van der Waals surface area (Å²) in [6, 6.07) is 15.1. The molecule has 150 valence electrons. The maximum Gasteiger partial charge on any atom is 0.340 e. The van der Waals surface area contributed by atoms with E-state index >= 15 is 0 Å². The van der Waals surface area contributed by atoms with Crippen LogP contribution in [0.1, 0.15) is 31.9 Å². The first-order chi connectivity index (χ1) is 14.0. The minimum absolute atomic E-state index is 0.233. The normalized spacial score (nSPS) is 15.2. The van der Waals surface area contributed by atoms with Crippen LogP contribution < -0.4 is 9.64 Å². The number of carbonyl (C=O) groups is 2. The van der Waals surface area contributed by atoms with Gasteiger partial charge in [0.2, 0.25) is 0 Å². The number of benzene rings is 2. The van der Waals surface area contributed by atoms with Gasteiger partial charge in [-0.15, -0.1) is 0 Å². The van der Waals surface area contributed by atoms with E-state index in [2.05, 4.69) is 0 Å². The zero-order valence-corrected chi connectivity index (χ0v) is 17.2. The average molecular weight is 391 g/mol. The van der Waals surface area contributed by atoms with Crippen molar-refractivity contribution in [3.63, 3.8) is 0 Å². The number of hydrogen-bond acceptors (Lipinski definition) is 4. The predicted octanol–water partition coefficient (Wildman–Crippen LogP) is 4.66. The molecule has 3 rings (SSSR count). The molecule has 2 aromatic rings. The third kappa shape index (κ3) is 4.09. The number of hydrogen-bond donors (Lipinski definition) is 0. The van der Waals surface area contributed by atoms with Crippen molar-refractivity contribution in [2.24, 2.45) is 0 Å². The van der Waals surface area contributed by atoms with E-state index in [9.17, 15) is 9.59 Å². The van der Waals surface area contributed by atoms with Gasteiger partial charge in [-0.3, -0.25) is 9.69 Å². The van der Waals surface area contributed by atoms with Crippen molar-refractivity contribution in [2.75, 3.05) is 18.1 Å². The first-order valence-corrected chi connectivity index (χ1v) is 9.70. The van der Waals surface area contributed by atoms with Gasteiger partial charge in [0.25, 0.3) is 5.91 Å². The van der Waals surface area contributed by atoms with Crippen LogP contribution in [0.4, 0.5) is 5.69 Å². The Morgan fingerprint density at radius 1 is 1.00 bits per heavy atom. The standard InChI is InChI=1S/C24H25NO4/c1-5-28-21-10-8-7-9-18(21)15-20-22(24(27)29-6-2)17(4)25(23(20)26)19-13-11-16(3)12-14-19/h7-15H,5-6H2,1-4H3/b20-15-. The molecule has 0 spiro atoms. The number of amides is 1. The fourth-order valence-electron chi connectivity index (χ4n) is 3.33. The van der Waals surface area contributed by atoms with E-state index in [0.29, 0.717) is 29.3 Å². The second-order valence-corrected chi connectivity index (χ2v) is 6.69. The van der Waals surface area contributed by atoms with Crippen molar-refractivity contribution in [3.05, 3.63) is 76.5 Å². The Morgan fingerprint density at radius 2 is 1.69 bits per heavy atom. The van der Waals surface area contributed by atoms with Crippen molar-refractivity contribution in [3.8, 4) is 5.75 Å². The number of para-hydroxylation sites is 1. The molecule has 2 aromatic carbocycles. The van der Waals surface area contributed by atoms with Gasteiger partial charge in [-0.25, -0.2) is 4.79 Å². The molecular weight excluding hydrogens is 366 g/mol. The number of allylic oxidation sites excluding steroid dienone is 1. The van der Waals surface area contributed by atoms with E-state index in [-0.39, 0.29) is 18.1 Å². The Bertz CT molecular complexity index is 986. The monoisotopic (exact) mass is 391 g/mol. The second kappa shape index (κ2) is 8.78. The van der Waals surface area contributed by atoms with Crippen molar-refractivity contribution < 1.29 is 19.1 Å². The lowest BCUT2D eigenvalue weighted by atomic mass is 10.0. The number of rotatable bonds is 6. The quantitative estimate of drug-likeness (QED) is 0.531. The van der Waals surface area contributed by atoms with Crippen LogP contribution in [0, 0.1) is 6.92 Å². The molecule has 0 saturated heterocycles. The Labute approximate surface area is 171 Å². The zero-order chi connectivity index (χ0) is 21.0. The molecule has 5 nitrogen and oxygen atoms in total. The average Bonchev–Trinajstić information content (AvgIpc) is 2.94. The third-order valence-electron chi connectivity index (χ3n) is 4.69. The topological polar surface area (TPSA) is 55.8 Å². The lowest BCUT2D eigenvalue weighted by molar-refractivity contribution is -0.138. The molecule has 29 heavy (non-hydrogen) atoms. The maximum absolute atomic E-state index is 13.4. The van der Waals surface area contributed by atoms with E-state index in [1.165, 1.54) is 0 Å². The Morgan fingerprint density at radius 3 is 2.34 bits per heavy atom. The molecule has 1 aliphatic heterocycles. The molecule has 0 aromatic heterocycles. The predicted molar refractivity (Wildman–Crippen MR) is 114 cm³/mol.